The molecule has 0 aliphatic rings. The highest BCUT2D eigenvalue weighted by Crippen LogP contribution is 3.02. The van der Waals surface area contributed by atoms with Gasteiger partial charge >= 0.3 is 10.2 Å². The number of hydrogen-bond donors (Lipinski definition) is 3. The van der Waals surface area contributed by atoms with Crippen LogP contribution in [0.15, 0.2) is 65.7 Å². The molecule has 3 aromatic carbocycles. The summed E-state index contributed by atoms with van der Waals surface area (Å²) in [6.07, 6.45) is 1.15. The molecule has 0 aliphatic carbocycles. The number of benzene rings is 3. The molecule has 4 aromatic rings. The fraction of sp³-hybridized carbons (Fsp3) is 0.192. The van der Waals surface area contributed by atoms with Crippen molar-refractivity contribution < 1.29 is 43.5 Å². The van der Waals surface area contributed by atoms with E-state index in [1.165, 1.54) is 44.6 Å². The number of ketones is 1. The van der Waals surface area contributed by atoms with E-state index >= 15 is 0 Å². The molecule has 0 saturated carbocycles. The van der Waals surface area contributed by atoms with Crippen LogP contribution in [0, 0.1) is 0 Å². The molecule has 1 aromatic heterocycles. The molecule has 3 N–H and O–H groups in total. The van der Waals surface area contributed by atoms with Gasteiger partial charge in [0.1, 0.15) is 34.8 Å². The van der Waals surface area contributed by atoms with Crippen LogP contribution in [0.3, 0.4) is 0 Å². The lowest BCUT2D eigenvalue weighted by molar-refractivity contribution is 0.0969. The Morgan fingerprint density at radius 3 is 2.38 bits per heavy atom. The van der Waals surface area contributed by atoms with Crippen LogP contribution in [-0.2, 0) is 0 Å². The van der Waals surface area contributed by atoms with Gasteiger partial charge in [-0.2, -0.15) is 0 Å². The first-order valence-electron chi connectivity index (χ1n) is 11.6. The summed E-state index contributed by atoms with van der Waals surface area (Å²) in [6, 6.07) is 9.12. The summed E-state index contributed by atoms with van der Waals surface area (Å²) < 4.78 is 84.1. The summed E-state index contributed by atoms with van der Waals surface area (Å²) in [5, 5.41) is 12.1. The molecule has 0 aliphatic heterocycles. The van der Waals surface area contributed by atoms with Gasteiger partial charge in [-0.1, -0.05) is 37.1 Å². The predicted octanol–water partition coefficient (Wildman–Crippen LogP) is 7.90. The highest BCUT2D eigenvalue weighted by Gasteiger charge is 2.65. The number of aromatic nitrogens is 1. The van der Waals surface area contributed by atoms with Gasteiger partial charge < -0.3 is 29.6 Å². The van der Waals surface area contributed by atoms with Gasteiger partial charge in [-0.05, 0) is 30.3 Å². The number of halogens is 6. The van der Waals surface area contributed by atoms with Crippen LogP contribution >= 0.6 is 21.8 Å². The maximum Gasteiger partial charge on any atom is 0.310 e. The topological polar surface area (TPSA) is 92.8 Å². The smallest absolute Gasteiger partial charge is 0.310 e. The second-order valence-corrected chi connectivity index (χ2v) is 11.5. The molecule has 40 heavy (non-hydrogen) atoms. The number of Topliss-reactive ketones (excluding diaryl/α,β-unsaturated/α-hetero) is 1. The van der Waals surface area contributed by atoms with Crippen LogP contribution in [0.4, 0.5) is 25.1 Å². The highest BCUT2D eigenvalue weighted by molar-refractivity contribution is 8.45. The fourth-order valence-corrected chi connectivity index (χ4v) is 4.92. The molecule has 1 unspecified atom stereocenters. The number of nitrogens with one attached hydrogen (secondary N) is 2. The lowest BCUT2D eigenvalue weighted by Crippen LogP contribution is -2.22. The third kappa shape index (κ3) is 6.37. The minimum atomic E-state index is -10.0. The lowest BCUT2D eigenvalue weighted by Gasteiger charge is -2.40. The number of fused-ring (bicyclic) bond motifs is 1. The largest absolute Gasteiger partial charge is 0.497 e. The monoisotopic (exact) mass is 606 g/mol. The molecule has 1 atom stereocenters. The van der Waals surface area contributed by atoms with E-state index in [0.717, 1.165) is 12.3 Å². The standard InChI is InChI=1S/C26H24ClF5N2O5S/c1-37-17-10-16(11-18(12-17)39-8-7-35)34-25(20-5-3-15(27)9-24(20)38-2)26(36)22-14-33-23-6-4-19(13-21(22)23)40(28,29,30,31)32/h3-6,9-14,25,33-35H,7-8H2,1-2H3. The van der Waals surface area contributed by atoms with Crippen molar-refractivity contribution in [1.82, 2.24) is 4.98 Å². The number of anilines is 1. The molecular formula is C26H24ClF5N2O5S. The minimum Gasteiger partial charge on any atom is -0.497 e. The Bertz CT molecular complexity index is 1580. The van der Waals surface area contributed by atoms with Gasteiger partial charge in [0.2, 0.25) is 0 Å². The third-order valence-corrected chi connectivity index (χ3v) is 7.30. The molecule has 0 fully saturated rings. The van der Waals surface area contributed by atoms with E-state index in [9.17, 15) is 24.2 Å². The van der Waals surface area contributed by atoms with Crippen molar-refractivity contribution >= 4 is 44.2 Å². The zero-order valence-electron chi connectivity index (χ0n) is 21.0. The van der Waals surface area contributed by atoms with Crippen molar-refractivity contribution in [3.8, 4) is 17.2 Å². The Morgan fingerprint density at radius 2 is 1.73 bits per heavy atom. The van der Waals surface area contributed by atoms with Crippen LogP contribution in [-0.4, -0.2) is 43.3 Å². The number of carbonyl (C=O) groups is 1. The molecule has 0 saturated heterocycles. The maximum atomic E-state index is 14.0. The highest BCUT2D eigenvalue weighted by atomic mass is 35.5. The number of hydrogen-bond acceptors (Lipinski definition) is 6. The number of aliphatic hydroxyl groups is 1. The van der Waals surface area contributed by atoms with Crippen molar-refractivity contribution in [3.05, 3.63) is 76.9 Å². The molecule has 0 amide bonds. The van der Waals surface area contributed by atoms with Crippen LogP contribution < -0.4 is 19.5 Å². The summed E-state index contributed by atoms with van der Waals surface area (Å²) in [4.78, 5) is 14.5. The van der Waals surface area contributed by atoms with Gasteiger partial charge in [-0.3, -0.25) is 4.79 Å². The Kier molecular flexibility index (Phi) is 7.37. The lowest BCUT2D eigenvalue weighted by atomic mass is 9.95. The van der Waals surface area contributed by atoms with Crippen LogP contribution in [0.5, 0.6) is 17.2 Å². The van der Waals surface area contributed by atoms with E-state index in [-0.39, 0.29) is 58.9 Å². The van der Waals surface area contributed by atoms with E-state index in [4.69, 9.17) is 30.9 Å². The zero-order chi connectivity index (χ0) is 29.4. The summed E-state index contributed by atoms with van der Waals surface area (Å²) in [5.41, 5.74) is 0.343. The summed E-state index contributed by atoms with van der Waals surface area (Å²) in [6.45, 7) is -0.283. The van der Waals surface area contributed by atoms with Crippen molar-refractivity contribution in [2.24, 2.45) is 0 Å². The number of ether oxygens (including phenoxy) is 3. The van der Waals surface area contributed by atoms with Crippen molar-refractivity contribution in [2.75, 3.05) is 32.8 Å². The first-order valence-corrected chi connectivity index (χ1v) is 13.9. The van der Waals surface area contributed by atoms with Gasteiger partial charge in [0.15, 0.2) is 5.78 Å². The Labute approximate surface area is 230 Å². The average Bonchev–Trinajstić information content (AvgIpc) is 3.32. The quantitative estimate of drug-likeness (QED) is 0.119. The second-order valence-electron chi connectivity index (χ2n) is 8.68. The molecule has 0 radical (unpaired) electrons. The van der Waals surface area contributed by atoms with Gasteiger partial charge in [0.05, 0.1) is 20.8 Å². The summed E-state index contributed by atoms with van der Waals surface area (Å²) >= 11 is 6.09. The van der Waals surface area contributed by atoms with E-state index in [1.807, 2.05) is 0 Å². The van der Waals surface area contributed by atoms with E-state index in [0.29, 0.717) is 16.5 Å². The van der Waals surface area contributed by atoms with Gasteiger partial charge in [-0.15, -0.1) is 0 Å². The van der Waals surface area contributed by atoms with E-state index in [1.54, 1.807) is 6.07 Å². The van der Waals surface area contributed by atoms with Crippen molar-refractivity contribution in [2.45, 2.75) is 10.9 Å². The SMILES string of the molecule is COc1cc(NC(C(=O)c2c[nH]c3ccc(S(F)(F)(F)(F)F)cc23)c2ccc(Cl)cc2OC)cc(OCCO)c1. The van der Waals surface area contributed by atoms with Crippen LogP contribution in [0.1, 0.15) is 22.0 Å². The number of aliphatic hydroxyl groups excluding tert-OH is 1. The maximum absolute atomic E-state index is 14.0. The predicted molar refractivity (Wildman–Crippen MR) is 144 cm³/mol. The number of methoxy groups -OCH3 is 2. The molecule has 216 valence electrons. The molecule has 0 spiro atoms. The first kappa shape index (κ1) is 29.3. The minimum absolute atomic E-state index is 0.0240. The van der Waals surface area contributed by atoms with Gasteiger partial charge in [0.25, 0.3) is 0 Å². The average molecular weight is 607 g/mol. The third-order valence-electron chi connectivity index (χ3n) is 5.92. The van der Waals surface area contributed by atoms with E-state index in [2.05, 4.69) is 10.3 Å². The normalized spacial score (nSPS) is 14.2. The second kappa shape index (κ2) is 10.1. The number of carbonyl (C=O) groups excluding carboxylic acids is 1. The number of H-pyrrole nitrogens is 1. The molecule has 0 bridgehead atoms. The van der Waals surface area contributed by atoms with Gasteiger partial charge in [-0.25, -0.2) is 0 Å². The van der Waals surface area contributed by atoms with Crippen molar-refractivity contribution in [1.29, 1.82) is 0 Å². The molecule has 14 heteroatoms. The fourth-order valence-electron chi connectivity index (χ4n) is 4.09. The Morgan fingerprint density at radius 1 is 1.00 bits per heavy atom. The molecular weight excluding hydrogens is 583 g/mol. The van der Waals surface area contributed by atoms with Crippen molar-refractivity contribution in [3.63, 3.8) is 0 Å². The zero-order valence-corrected chi connectivity index (χ0v) is 22.6. The number of rotatable bonds is 11. The Balaban J connectivity index is 1.86. The molecule has 7 nitrogen and oxygen atoms in total. The molecule has 1 heterocycles. The summed E-state index contributed by atoms with van der Waals surface area (Å²) in [7, 11) is -7.28. The van der Waals surface area contributed by atoms with E-state index < -0.39 is 26.9 Å². The molecule has 4 rings (SSSR count). The van der Waals surface area contributed by atoms with Crippen LogP contribution in [0.25, 0.3) is 10.9 Å². The first-order chi connectivity index (χ1) is 18.6. The summed E-state index contributed by atoms with van der Waals surface area (Å²) in [5.74, 6) is 0.0509. The van der Waals surface area contributed by atoms with Crippen LogP contribution in [0.2, 0.25) is 5.02 Å². The van der Waals surface area contributed by atoms with Gasteiger partial charge in [0, 0.05) is 57.1 Å². The number of aromatic amines is 1. The Hall–Kier alpha value is -3.68.